The van der Waals surface area contributed by atoms with Crippen LogP contribution in [0.2, 0.25) is 5.02 Å². The van der Waals surface area contributed by atoms with Gasteiger partial charge in [0.15, 0.2) is 5.82 Å². The van der Waals surface area contributed by atoms with Gasteiger partial charge in [0.25, 0.3) is 5.91 Å². The van der Waals surface area contributed by atoms with Crippen molar-refractivity contribution in [3.63, 3.8) is 0 Å². The molecule has 0 saturated carbocycles. The lowest BCUT2D eigenvalue weighted by molar-refractivity contribution is -0.119. The molecule has 0 saturated heterocycles. The number of imidazole rings is 1. The molecule has 1 heterocycles. The van der Waals surface area contributed by atoms with Crippen LogP contribution in [-0.2, 0) is 4.79 Å². The van der Waals surface area contributed by atoms with E-state index in [-0.39, 0.29) is 5.82 Å². The van der Waals surface area contributed by atoms with E-state index in [9.17, 15) is 9.59 Å². The van der Waals surface area contributed by atoms with Crippen molar-refractivity contribution in [3.8, 4) is 0 Å². The Balaban J connectivity index is 2.71. The molecule has 1 aromatic heterocycles. The van der Waals surface area contributed by atoms with Gasteiger partial charge in [-0.05, 0) is 24.6 Å². The van der Waals surface area contributed by atoms with Crippen LogP contribution in [0.4, 0.5) is 0 Å². The second kappa shape index (κ2) is 4.30. The molecule has 0 aliphatic carbocycles. The minimum atomic E-state index is -0.681. The van der Waals surface area contributed by atoms with E-state index in [4.69, 9.17) is 23.1 Å². The molecule has 2 amide bonds. The molecule has 5 N–H and O–H groups in total. The van der Waals surface area contributed by atoms with Crippen LogP contribution in [0.1, 0.15) is 29.0 Å². The van der Waals surface area contributed by atoms with E-state index in [2.05, 4.69) is 9.97 Å². The normalized spacial score (nSPS) is 12.6. The molecular formula is C11H11ClN4O2. The first-order valence-corrected chi connectivity index (χ1v) is 5.56. The highest BCUT2D eigenvalue weighted by Gasteiger charge is 2.19. The zero-order chi connectivity index (χ0) is 13.4. The van der Waals surface area contributed by atoms with Crippen molar-refractivity contribution in [2.45, 2.75) is 12.8 Å². The third kappa shape index (κ3) is 2.02. The van der Waals surface area contributed by atoms with E-state index in [1.807, 2.05) is 0 Å². The fourth-order valence-corrected chi connectivity index (χ4v) is 1.93. The fraction of sp³-hybridized carbons (Fsp3) is 0.182. The van der Waals surface area contributed by atoms with E-state index in [1.54, 1.807) is 19.1 Å². The number of nitrogens with two attached hydrogens (primary N) is 2. The number of aromatic nitrogens is 2. The van der Waals surface area contributed by atoms with Crippen LogP contribution < -0.4 is 11.5 Å². The molecule has 0 radical (unpaired) electrons. The summed E-state index contributed by atoms with van der Waals surface area (Å²) in [7, 11) is 0. The third-order valence-electron chi connectivity index (χ3n) is 2.71. The minimum absolute atomic E-state index is 0.0187. The van der Waals surface area contributed by atoms with Gasteiger partial charge in [-0.25, -0.2) is 4.98 Å². The Morgan fingerprint density at radius 1 is 1.39 bits per heavy atom. The molecule has 0 aliphatic rings. The van der Waals surface area contributed by atoms with Crippen LogP contribution in [0, 0.1) is 0 Å². The molecular weight excluding hydrogens is 256 g/mol. The summed E-state index contributed by atoms with van der Waals surface area (Å²) in [5, 5.41) is 0.422. The van der Waals surface area contributed by atoms with Gasteiger partial charge in [-0.1, -0.05) is 11.6 Å². The second-order valence-corrected chi connectivity index (χ2v) is 4.40. The molecule has 1 aromatic carbocycles. The Morgan fingerprint density at radius 2 is 2.06 bits per heavy atom. The molecule has 6 nitrogen and oxygen atoms in total. The Morgan fingerprint density at radius 3 is 2.61 bits per heavy atom. The number of hydrogen-bond donors (Lipinski definition) is 3. The average molecular weight is 267 g/mol. The fourth-order valence-electron chi connectivity index (χ4n) is 1.71. The zero-order valence-corrected chi connectivity index (χ0v) is 10.3. The van der Waals surface area contributed by atoms with Crippen LogP contribution in [0.15, 0.2) is 12.1 Å². The molecule has 0 aliphatic heterocycles. The highest BCUT2D eigenvalue weighted by Crippen LogP contribution is 2.28. The number of nitrogens with one attached hydrogen (secondary N) is 1. The second-order valence-electron chi connectivity index (χ2n) is 3.96. The van der Waals surface area contributed by atoms with E-state index in [0.717, 1.165) is 0 Å². The molecule has 7 heteroatoms. The average Bonchev–Trinajstić information content (AvgIpc) is 2.70. The Bertz CT molecular complexity index is 650. The highest BCUT2D eigenvalue weighted by molar-refractivity contribution is 6.31. The zero-order valence-electron chi connectivity index (χ0n) is 9.53. The molecule has 0 fully saturated rings. The lowest BCUT2D eigenvalue weighted by Gasteiger charge is -2.08. The number of H-pyrrole nitrogens is 1. The lowest BCUT2D eigenvalue weighted by atomic mass is 9.99. The summed E-state index contributed by atoms with van der Waals surface area (Å²) in [6.45, 7) is 1.64. The molecule has 1 atom stereocenters. The lowest BCUT2D eigenvalue weighted by Crippen LogP contribution is -2.19. The van der Waals surface area contributed by atoms with Gasteiger partial charge in [0.1, 0.15) is 0 Å². The SMILES string of the molecule is CC(C(N)=O)c1cc(Cl)cc2[nH]c(C(N)=O)nc12. The molecule has 2 aromatic rings. The maximum atomic E-state index is 11.2. The monoisotopic (exact) mass is 266 g/mol. The van der Waals surface area contributed by atoms with Crippen LogP contribution >= 0.6 is 11.6 Å². The number of hydrogen-bond acceptors (Lipinski definition) is 3. The van der Waals surface area contributed by atoms with Gasteiger partial charge in [0.05, 0.1) is 17.0 Å². The van der Waals surface area contributed by atoms with Crippen molar-refractivity contribution < 1.29 is 9.59 Å². The number of carbonyl (C=O) groups excluding carboxylic acids is 2. The predicted molar refractivity (Wildman–Crippen MR) is 67.2 cm³/mol. The first-order chi connectivity index (χ1) is 8.40. The number of primary amides is 2. The van der Waals surface area contributed by atoms with Crippen molar-refractivity contribution in [2.75, 3.05) is 0 Å². The number of fused-ring (bicyclic) bond motifs is 1. The predicted octanol–water partition coefficient (Wildman–Crippen LogP) is 0.904. The van der Waals surface area contributed by atoms with E-state index < -0.39 is 17.7 Å². The van der Waals surface area contributed by atoms with Gasteiger partial charge in [-0.2, -0.15) is 0 Å². The smallest absolute Gasteiger partial charge is 0.284 e. The number of carbonyl (C=O) groups is 2. The Kier molecular flexibility index (Phi) is 2.96. The summed E-state index contributed by atoms with van der Waals surface area (Å²) in [4.78, 5) is 29.1. The van der Waals surface area contributed by atoms with Crippen molar-refractivity contribution in [1.82, 2.24) is 9.97 Å². The molecule has 0 spiro atoms. The first kappa shape index (κ1) is 12.4. The summed E-state index contributed by atoms with van der Waals surface area (Å²) in [5.41, 5.74) is 12.0. The summed E-state index contributed by atoms with van der Waals surface area (Å²) >= 11 is 5.95. The number of rotatable bonds is 3. The van der Waals surface area contributed by atoms with Crippen molar-refractivity contribution in [3.05, 3.63) is 28.5 Å². The molecule has 1 unspecified atom stereocenters. The van der Waals surface area contributed by atoms with Gasteiger partial charge in [0, 0.05) is 5.02 Å². The van der Waals surface area contributed by atoms with E-state index in [0.29, 0.717) is 21.6 Å². The number of nitrogens with zero attached hydrogens (tertiary/aromatic N) is 1. The summed E-state index contributed by atoms with van der Waals surface area (Å²) in [6, 6.07) is 3.21. The number of benzene rings is 1. The van der Waals surface area contributed by atoms with Gasteiger partial charge >= 0.3 is 0 Å². The van der Waals surface area contributed by atoms with Crippen molar-refractivity contribution in [1.29, 1.82) is 0 Å². The van der Waals surface area contributed by atoms with E-state index >= 15 is 0 Å². The van der Waals surface area contributed by atoms with Gasteiger partial charge in [-0.3, -0.25) is 9.59 Å². The molecule has 0 bridgehead atoms. The largest absolute Gasteiger partial charge is 0.369 e. The highest BCUT2D eigenvalue weighted by atomic mass is 35.5. The molecule has 2 rings (SSSR count). The first-order valence-electron chi connectivity index (χ1n) is 5.18. The number of halogens is 1. The van der Waals surface area contributed by atoms with E-state index in [1.165, 1.54) is 0 Å². The van der Waals surface area contributed by atoms with Gasteiger partial charge in [0.2, 0.25) is 5.91 Å². The summed E-state index contributed by atoms with van der Waals surface area (Å²) < 4.78 is 0. The number of aromatic amines is 1. The maximum Gasteiger partial charge on any atom is 0.284 e. The topological polar surface area (TPSA) is 115 Å². The summed E-state index contributed by atoms with van der Waals surface area (Å²) in [6.07, 6.45) is 0. The van der Waals surface area contributed by atoms with Gasteiger partial charge < -0.3 is 16.5 Å². The Labute approximate surface area is 107 Å². The van der Waals surface area contributed by atoms with Crippen LogP contribution in [0.3, 0.4) is 0 Å². The quantitative estimate of drug-likeness (QED) is 0.766. The summed E-state index contributed by atoms with van der Waals surface area (Å²) in [5.74, 6) is -1.72. The van der Waals surface area contributed by atoms with Gasteiger partial charge in [-0.15, -0.1) is 0 Å². The van der Waals surface area contributed by atoms with Crippen LogP contribution in [0.5, 0.6) is 0 Å². The van der Waals surface area contributed by atoms with Crippen LogP contribution in [0.25, 0.3) is 11.0 Å². The van der Waals surface area contributed by atoms with Crippen LogP contribution in [-0.4, -0.2) is 21.8 Å². The van der Waals surface area contributed by atoms with Crippen molar-refractivity contribution >= 4 is 34.4 Å². The Hall–Kier alpha value is -2.08. The molecule has 18 heavy (non-hydrogen) atoms. The minimum Gasteiger partial charge on any atom is -0.369 e. The number of amides is 2. The third-order valence-corrected chi connectivity index (χ3v) is 2.93. The van der Waals surface area contributed by atoms with Crippen molar-refractivity contribution in [2.24, 2.45) is 11.5 Å². The maximum absolute atomic E-state index is 11.2. The molecule has 94 valence electrons. The standard InChI is InChI=1S/C11H11ClN4O2/c1-4(9(13)17)6-2-5(12)3-7-8(6)16-11(15-7)10(14)18/h2-4H,1H3,(H2,13,17)(H2,14,18)(H,15,16).